The predicted octanol–water partition coefficient (Wildman–Crippen LogP) is 4.47. The maximum absolute atomic E-state index is 13.0. The van der Waals surface area contributed by atoms with Crippen LogP contribution in [-0.2, 0) is 17.5 Å². The molecule has 0 aliphatic rings. The van der Waals surface area contributed by atoms with E-state index in [1.54, 1.807) is 0 Å². The highest BCUT2D eigenvalue weighted by Crippen LogP contribution is 2.34. The van der Waals surface area contributed by atoms with E-state index in [-0.39, 0.29) is 12.2 Å². The lowest BCUT2D eigenvalue weighted by Gasteiger charge is -2.21. The number of hydrogen-bond acceptors (Lipinski definition) is 2. The first kappa shape index (κ1) is 19.0. The molecule has 0 atom stereocenters. The first-order valence-electron chi connectivity index (χ1n) is 8.03. The molecule has 1 amide bonds. The summed E-state index contributed by atoms with van der Waals surface area (Å²) in [6.45, 7) is 5.10. The number of aryl methyl sites for hydroxylation is 1. The van der Waals surface area contributed by atoms with Gasteiger partial charge < -0.3 is 5.32 Å². The maximum Gasteiger partial charge on any atom is 0.418 e. The van der Waals surface area contributed by atoms with Crippen molar-refractivity contribution in [3.05, 3.63) is 65.2 Å². The molecule has 6 heteroatoms. The van der Waals surface area contributed by atoms with Crippen molar-refractivity contribution in [2.75, 3.05) is 18.4 Å². The predicted molar refractivity (Wildman–Crippen MR) is 92.2 cm³/mol. The number of carbonyl (C=O) groups excluding carboxylic acids is 1. The Bertz CT molecular complexity index is 729. The van der Waals surface area contributed by atoms with Gasteiger partial charge in [-0.15, -0.1) is 0 Å². The van der Waals surface area contributed by atoms with Gasteiger partial charge in [0.2, 0.25) is 5.91 Å². The first-order chi connectivity index (χ1) is 11.8. The smallest absolute Gasteiger partial charge is 0.324 e. The number of hydrogen-bond donors (Lipinski definition) is 1. The van der Waals surface area contributed by atoms with E-state index < -0.39 is 17.6 Å². The summed E-state index contributed by atoms with van der Waals surface area (Å²) in [6.07, 6.45) is -4.50. The summed E-state index contributed by atoms with van der Waals surface area (Å²) in [7, 11) is 0. The van der Waals surface area contributed by atoms with Crippen molar-refractivity contribution in [1.29, 1.82) is 0 Å². The van der Waals surface area contributed by atoms with Crippen LogP contribution in [0.5, 0.6) is 0 Å². The Hall–Kier alpha value is -2.34. The Labute approximate surface area is 145 Å². The quantitative estimate of drug-likeness (QED) is 0.833. The molecule has 2 aromatic carbocycles. The number of rotatable bonds is 6. The Kier molecular flexibility index (Phi) is 6.20. The number of anilines is 1. The van der Waals surface area contributed by atoms with Gasteiger partial charge in [-0.2, -0.15) is 13.2 Å². The number of carbonyl (C=O) groups is 1. The summed E-state index contributed by atoms with van der Waals surface area (Å²) in [5, 5.41) is 2.38. The van der Waals surface area contributed by atoms with Crippen LogP contribution in [0.4, 0.5) is 18.9 Å². The van der Waals surface area contributed by atoms with E-state index in [2.05, 4.69) is 5.32 Å². The van der Waals surface area contributed by atoms with Crippen molar-refractivity contribution in [1.82, 2.24) is 4.90 Å². The monoisotopic (exact) mass is 350 g/mol. The lowest BCUT2D eigenvalue weighted by Crippen LogP contribution is -2.33. The van der Waals surface area contributed by atoms with E-state index in [4.69, 9.17) is 0 Å². The van der Waals surface area contributed by atoms with E-state index >= 15 is 0 Å². The van der Waals surface area contributed by atoms with Crippen molar-refractivity contribution in [2.45, 2.75) is 26.6 Å². The van der Waals surface area contributed by atoms with Gasteiger partial charge in [0.25, 0.3) is 0 Å². The van der Waals surface area contributed by atoms with Gasteiger partial charge in [-0.25, -0.2) is 0 Å². The molecule has 0 aliphatic heterocycles. The van der Waals surface area contributed by atoms with Crippen LogP contribution in [0.2, 0.25) is 0 Å². The van der Waals surface area contributed by atoms with E-state index in [1.807, 2.05) is 43.0 Å². The third kappa shape index (κ3) is 5.60. The molecule has 0 fully saturated rings. The fraction of sp³-hybridized carbons (Fsp3) is 0.316. The van der Waals surface area contributed by atoms with Crippen molar-refractivity contribution >= 4 is 11.6 Å². The summed E-state index contributed by atoms with van der Waals surface area (Å²) in [4.78, 5) is 14.1. The first-order valence-corrected chi connectivity index (χ1v) is 8.03. The van der Waals surface area contributed by atoms with Gasteiger partial charge in [-0.1, -0.05) is 48.9 Å². The van der Waals surface area contributed by atoms with Crippen molar-refractivity contribution in [3.63, 3.8) is 0 Å². The van der Waals surface area contributed by atoms with Crippen LogP contribution in [0.15, 0.2) is 48.5 Å². The second kappa shape index (κ2) is 8.16. The van der Waals surface area contributed by atoms with Crippen molar-refractivity contribution in [3.8, 4) is 0 Å². The zero-order chi connectivity index (χ0) is 18.4. The molecule has 0 heterocycles. The highest BCUT2D eigenvalue weighted by Gasteiger charge is 2.33. The van der Waals surface area contributed by atoms with Crippen molar-refractivity contribution in [2.24, 2.45) is 0 Å². The molecular formula is C19H21F3N2O. The zero-order valence-corrected chi connectivity index (χ0v) is 14.2. The third-order valence-corrected chi connectivity index (χ3v) is 3.81. The second-order valence-electron chi connectivity index (χ2n) is 5.88. The van der Waals surface area contributed by atoms with Gasteiger partial charge in [0, 0.05) is 6.54 Å². The van der Waals surface area contributed by atoms with Crippen LogP contribution in [0.3, 0.4) is 0 Å². The molecule has 0 saturated heterocycles. The van der Waals surface area contributed by atoms with Gasteiger partial charge in [-0.05, 0) is 31.2 Å². The summed E-state index contributed by atoms with van der Waals surface area (Å²) in [5.74, 6) is -0.466. The van der Waals surface area contributed by atoms with Gasteiger partial charge in [-0.3, -0.25) is 9.69 Å². The third-order valence-electron chi connectivity index (χ3n) is 3.81. The fourth-order valence-electron chi connectivity index (χ4n) is 2.58. The normalized spacial score (nSPS) is 11.6. The fourth-order valence-corrected chi connectivity index (χ4v) is 2.58. The molecule has 25 heavy (non-hydrogen) atoms. The molecule has 0 radical (unpaired) electrons. The summed E-state index contributed by atoms with van der Waals surface area (Å²) >= 11 is 0. The molecule has 0 saturated carbocycles. The van der Waals surface area contributed by atoms with E-state index in [0.29, 0.717) is 13.1 Å². The molecule has 0 spiro atoms. The average Bonchev–Trinajstić information content (AvgIpc) is 2.53. The number of amides is 1. The van der Waals surface area contributed by atoms with Crippen LogP contribution in [-0.4, -0.2) is 23.9 Å². The minimum atomic E-state index is -4.50. The summed E-state index contributed by atoms with van der Waals surface area (Å²) in [6, 6.07) is 12.9. The van der Waals surface area contributed by atoms with E-state index in [1.165, 1.54) is 18.2 Å². The Balaban J connectivity index is 2.04. The van der Waals surface area contributed by atoms with Crippen molar-refractivity contribution < 1.29 is 18.0 Å². The molecule has 0 aromatic heterocycles. The van der Waals surface area contributed by atoms with Gasteiger partial charge >= 0.3 is 6.18 Å². The number of nitrogens with zero attached hydrogens (tertiary/aromatic N) is 1. The molecule has 2 aromatic rings. The Morgan fingerprint density at radius 2 is 1.84 bits per heavy atom. The van der Waals surface area contributed by atoms with Crippen LogP contribution < -0.4 is 5.32 Å². The van der Waals surface area contributed by atoms with Gasteiger partial charge in [0.15, 0.2) is 0 Å². The van der Waals surface area contributed by atoms with E-state index in [0.717, 1.165) is 17.2 Å². The lowest BCUT2D eigenvalue weighted by atomic mass is 10.1. The largest absolute Gasteiger partial charge is 0.418 e. The number of nitrogens with one attached hydrogen (secondary N) is 1. The van der Waals surface area contributed by atoms with Gasteiger partial charge in [0.1, 0.15) is 0 Å². The maximum atomic E-state index is 13.0. The molecule has 134 valence electrons. The van der Waals surface area contributed by atoms with Gasteiger partial charge in [0.05, 0.1) is 17.8 Å². The molecule has 0 bridgehead atoms. The Morgan fingerprint density at radius 1 is 1.12 bits per heavy atom. The topological polar surface area (TPSA) is 32.3 Å². The molecule has 1 N–H and O–H groups in total. The zero-order valence-electron chi connectivity index (χ0n) is 14.2. The highest BCUT2D eigenvalue weighted by molar-refractivity contribution is 5.93. The molecule has 2 rings (SSSR count). The molecular weight excluding hydrogens is 329 g/mol. The lowest BCUT2D eigenvalue weighted by molar-refractivity contribution is -0.137. The second-order valence-corrected chi connectivity index (χ2v) is 5.88. The van der Waals surface area contributed by atoms with Crippen LogP contribution in [0, 0.1) is 6.92 Å². The minimum absolute atomic E-state index is 0.0244. The highest BCUT2D eigenvalue weighted by atomic mass is 19.4. The van der Waals surface area contributed by atoms with Crippen LogP contribution in [0.1, 0.15) is 23.6 Å². The molecule has 3 nitrogen and oxygen atoms in total. The number of likely N-dealkylation sites (N-methyl/N-ethyl adjacent to an activating group) is 1. The van der Waals surface area contributed by atoms with Crippen LogP contribution >= 0.6 is 0 Å². The molecule has 0 unspecified atom stereocenters. The Morgan fingerprint density at radius 3 is 2.48 bits per heavy atom. The average molecular weight is 350 g/mol. The minimum Gasteiger partial charge on any atom is -0.324 e. The standard InChI is InChI=1S/C19H21F3N2O/c1-3-24(12-15-8-6-7-14(2)11-15)13-18(25)23-17-10-5-4-9-16(17)19(20,21)22/h4-11H,3,12-13H2,1-2H3,(H,23,25). The van der Waals surface area contributed by atoms with E-state index in [9.17, 15) is 18.0 Å². The number of para-hydroxylation sites is 1. The number of halogens is 3. The summed E-state index contributed by atoms with van der Waals surface area (Å²) < 4.78 is 39.0. The summed E-state index contributed by atoms with van der Waals surface area (Å²) in [5.41, 5.74) is 1.12. The number of benzene rings is 2. The SMILES string of the molecule is CCN(CC(=O)Nc1ccccc1C(F)(F)F)Cc1cccc(C)c1. The molecule has 0 aliphatic carbocycles. The van der Waals surface area contributed by atoms with Crippen LogP contribution in [0.25, 0.3) is 0 Å². The number of alkyl halides is 3.